The molecule has 0 bridgehead atoms. The number of thioether (sulfide) groups is 1. The number of hydrogen-bond acceptors (Lipinski definition) is 3. The average Bonchev–Trinajstić information content (AvgIpc) is 2.35. The highest BCUT2D eigenvalue weighted by atomic mass is 32.2. The lowest BCUT2D eigenvalue weighted by Gasteiger charge is -2.05. The molecular weight excluding hydrogens is 250 g/mol. The number of carboxylic acids is 1. The van der Waals surface area contributed by atoms with E-state index in [-0.39, 0.29) is 23.8 Å². The van der Waals surface area contributed by atoms with Crippen molar-refractivity contribution in [2.24, 2.45) is 0 Å². The Labute approximate surface area is 110 Å². The number of hydrogen-bond donors (Lipinski definition) is 2. The third kappa shape index (κ3) is 4.15. The summed E-state index contributed by atoms with van der Waals surface area (Å²) in [6, 6.07) is 5.09. The lowest BCUT2D eigenvalue weighted by atomic mass is 10.1. The predicted octanol–water partition coefficient (Wildman–Crippen LogP) is 1.53. The molecule has 0 spiro atoms. The lowest BCUT2D eigenvalue weighted by Crippen LogP contribution is -2.25. The van der Waals surface area contributed by atoms with Crippen molar-refractivity contribution in [1.82, 2.24) is 5.32 Å². The fraction of sp³-hybridized carbons (Fsp3) is 0.231. The molecule has 1 aromatic rings. The molecule has 0 fully saturated rings. The zero-order valence-corrected chi connectivity index (χ0v) is 10.7. The van der Waals surface area contributed by atoms with Gasteiger partial charge < -0.3 is 10.4 Å². The van der Waals surface area contributed by atoms with Gasteiger partial charge in [0.05, 0.1) is 17.9 Å². The minimum absolute atomic E-state index is 0.171. The van der Waals surface area contributed by atoms with Crippen LogP contribution < -0.4 is 5.32 Å². The number of terminal acetylenes is 1. The van der Waals surface area contributed by atoms with Crippen molar-refractivity contribution in [3.63, 3.8) is 0 Å². The molecule has 0 atom stereocenters. The van der Waals surface area contributed by atoms with Crippen LogP contribution >= 0.6 is 11.8 Å². The molecule has 0 unspecified atom stereocenters. The van der Waals surface area contributed by atoms with Crippen LogP contribution in [-0.4, -0.2) is 29.3 Å². The van der Waals surface area contributed by atoms with Gasteiger partial charge in [0.1, 0.15) is 0 Å². The first-order chi connectivity index (χ1) is 8.54. The van der Waals surface area contributed by atoms with Gasteiger partial charge in [-0.05, 0) is 24.6 Å². The molecule has 0 saturated carbocycles. The summed E-state index contributed by atoms with van der Waals surface area (Å²) in [4.78, 5) is 23.0. The number of amides is 1. The number of benzene rings is 1. The summed E-state index contributed by atoms with van der Waals surface area (Å²) >= 11 is 1.28. The Hall–Kier alpha value is -1.93. The van der Waals surface area contributed by atoms with Crippen LogP contribution in [0.5, 0.6) is 0 Å². The molecule has 1 amide bonds. The second-order valence-electron chi connectivity index (χ2n) is 3.55. The van der Waals surface area contributed by atoms with Crippen LogP contribution in [0, 0.1) is 19.3 Å². The topological polar surface area (TPSA) is 66.4 Å². The van der Waals surface area contributed by atoms with Gasteiger partial charge in [0.2, 0.25) is 5.91 Å². The summed E-state index contributed by atoms with van der Waals surface area (Å²) in [5.41, 5.74) is 0.952. The summed E-state index contributed by atoms with van der Waals surface area (Å²) in [5, 5.41) is 11.5. The summed E-state index contributed by atoms with van der Waals surface area (Å²) in [6.07, 6.45) is 5.02. The van der Waals surface area contributed by atoms with Crippen molar-refractivity contribution in [3.05, 3.63) is 29.3 Å². The molecule has 18 heavy (non-hydrogen) atoms. The van der Waals surface area contributed by atoms with Crippen molar-refractivity contribution in [1.29, 1.82) is 0 Å². The van der Waals surface area contributed by atoms with Crippen LogP contribution in [0.4, 0.5) is 0 Å². The van der Waals surface area contributed by atoms with Crippen LogP contribution in [0.15, 0.2) is 23.1 Å². The molecule has 0 aliphatic heterocycles. The Morgan fingerprint density at radius 1 is 1.50 bits per heavy atom. The van der Waals surface area contributed by atoms with Crippen LogP contribution in [-0.2, 0) is 4.79 Å². The Morgan fingerprint density at radius 3 is 2.83 bits per heavy atom. The van der Waals surface area contributed by atoms with Crippen molar-refractivity contribution < 1.29 is 14.7 Å². The fourth-order valence-corrected chi connectivity index (χ4v) is 2.04. The number of aryl methyl sites for hydroxylation is 1. The molecule has 0 heterocycles. The molecule has 0 aliphatic rings. The van der Waals surface area contributed by atoms with Gasteiger partial charge in [0.15, 0.2) is 0 Å². The number of aromatic carboxylic acids is 1. The number of carboxylic acid groups (broad SMARTS) is 1. The number of nitrogens with one attached hydrogen (secondary N) is 1. The van der Waals surface area contributed by atoms with E-state index in [0.29, 0.717) is 5.56 Å². The lowest BCUT2D eigenvalue weighted by molar-refractivity contribution is -0.118. The van der Waals surface area contributed by atoms with Gasteiger partial charge in [-0.2, -0.15) is 0 Å². The summed E-state index contributed by atoms with van der Waals surface area (Å²) < 4.78 is 0. The van der Waals surface area contributed by atoms with Crippen LogP contribution in [0.2, 0.25) is 0 Å². The van der Waals surface area contributed by atoms with Crippen LogP contribution in [0.3, 0.4) is 0 Å². The van der Waals surface area contributed by atoms with Crippen molar-refractivity contribution in [2.45, 2.75) is 11.8 Å². The minimum atomic E-state index is -0.966. The van der Waals surface area contributed by atoms with Crippen molar-refractivity contribution >= 4 is 23.6 Å². The first-order valence-electron chi connectivity index (χ1n) is 5.21. The first-order valence-corrected chi connectivity index (χ1v) is 6.20. The molecular formula is C13H13NO3S. The second kappa shape index (κ2) is 6.72. The monoisotopic (exact) mass is 263 g/mol. The van der Waals surface area contributed by atoms with Gasteiger partial charge in [-0.15, -0.1) is 18.2 Å². The quantitative estimate of drug-likeness (QED) is 0.624. The Kier molecular flexibility index (Phi) is 5.28. The molecule has 0 radical (unpaired) electrons. The Bertz CT molecular complexity index is 505. The molecule has 2 N–H and O–H groups in total. The van der Waals surface area contributed by atoms with Gasteiger partial charge in [0, 0.05) is 4.90 Å². The molecule has 0 aromatic heterocycles. The van der Waals surface area contributed by atoms with E-state index < -0.39 is 5.97 Å². The standard InChI is InChI=1S/C13H13NO3S/c1-3-6-14-12(15)8-18-10-5-4-9(2)11(7-10)13(16)17/h1,4-5,7H,6,8H2,2H3,(H,14,15)(H,16,17). The van der Waals surface area contributed by atoms with Gasteiger partial charge in [-0.3, -0.25) is 4.79 Å². The maximum Gasteiger partial charge on any atom is 0.335 e. The zero-order valence-electron chi connectivity index (χ0n) is 9.90. The summed E-state index contributed by atoms with van der Waals surface area (Å²) in [5.74, 6) is 1.38. The molecule has 1 aromatic carbocycles. The van der Waals surface area contributed by atoms with Crippen molar-refractivity contribution in [2.75, 3.05) is 12.3 Å². The van der Waals surface area contributed by atoms with Crippen LogP contribution in [0.1, 0.15) is 15.9 Å². The molecule has 5 heteroatoms. The van der Waals surface area contributed by atoms with E-state index in [4.69, 9.17) is 11.5 Å². The van der Waals surface area contributed by atoms with Gasteiger partial charge in [-0.1, -0.05) is 12.0 Å². The minimum Gasteiger partial charge on any atom is -0.478 e. The Morgan fingerprint density at radius 2 is 2.22 bits per heavy atom. The van der Waals surface area contributed by atoms with Gasteiger partial charge in [0.25, 0.3) is 0 Å². The highest BCUT2D eigenvalue weighted by molar-refractivity contribution is 8.00. The van der Waals surface area contributed by atoms with Gasteiger partial charge in [-0.25, -0.2) is 4.79 Å². The highest BCUT2D eigenvalue weighted by Gasteiger charge is 2.09. The molecule has 4 nitrogen and oxygen atoms in total. The highest BCUT2D eigenvalue weighted by Crippen LogP contribution is 2.21. The maximum absolute atomic E-state index is 11.3. The second-order valence-corrected chi connectivity index (χ2v) is 4.60. The zero-order chi connectivity index (χ0) is 13.5. The fourth-order valence-electron chi connectivity index (χ4n) is 1.27. The smallest absolute Gasteiger partial charge is 0.335 e. The molecule has 0 saturated heterocycles. The number of carbonyl (C=O) groups is 2. The SMILES string of the molecule is C#CCNC(=O)CSc1ccc(C)c(C(=O)O)c1. The van der Waals surface area contributed by atoms with Crippen molar-refractivity contribution in [3.8, 4) is 12.3 Å². The van der Waals surface area contributed by atoms with Crippen LogP contribution in [0.25, 0.3) is 0 Å². The summed E-state index contributed by atoms with van der Waals surface area (Å²) in [6.45, 7) is 1.94. The van der Waals surface area contributed by atoms with Gasteiger partial charge >= 0.3 is 5.97 Å². The van der Waals surface area contributed by atoms with E-state index in [1.807, 2.05) is 0 Å². The normalized spacial score (nSPS) is 9.56. The summed E-state index contributed by atoms with van der Waals surface area (Å²) in [7, 11) is 0. The predicted molar refractivity (Wildman–Crippen MR) is 70.7 cm³/mol. The average molecular weight is 263 g/mol. The third-order valence-corrected chi connectivity index (χ3v) is 3.19. The number of rotatable bonds is 5. The molecule has 0 aliphatic carbocycles. The number of carbonyl (C=O) groups excluding carboxylic acids is 1. The molecule has 1 rings (SSSR count). The van der Waals surface area contributed by atoms with E-state index in [1.54, 1.807) is 25.1 Å². The van der Waals surface area contributed by atoms with E-state index in [2.05, 4.69) is 11.2 Å². The largest absolute Gasteiger partial charge is 0.478 e. The maximum atomic E-state index is 11.3. The Balaban J connectivity index is 2.64. The van der Waals surface area contributed by atoms with E-state index in [1.165, 1.54) is 11.8 Å². The van der Waals surface area contributed by atoms with E-state index >= 15 is 0 Å². The molecule has 94 valence electrons. The third-order valence-electron chi connectivity index (χ3n) is 2.20. The van der Waals surface area contributed by atoms with E-state index in [9.17, 15) is 9.59 Å². The van der Waals surface area contributed by atoms with E-state index in [0.717, 1.165) is 4.90 Å². The first kappa shape index (κ1) is 14.1.